The van der Waals surface area contributed by atoms with Crippen LogP contribution in [0.4, 0.5) is 5.69 Å². The molecule has 0 aliphatic heterocycles. The van der Waals surface area contributed by atoms with Crippen LogP contribution >= 0.6 is 33.9 Å². The Bertz CT molecular complexity index is 504. The summed E-state index contributed by atoms with van der Waals surface area (Å²) < 4.78 is 22.0. The van der Waals surface area contributed by atoms with Gasteiger partial charge in [-0.05, 0) is 0 Å². The molecule has 82 valence electrons. The van der Waals surface area contributed by atoms with Crippen LogP contribution in [0.1, 0.15) is 0 Å². The highest BCUT2D eigenvalue weighted by Crippen LogP contribution is 2.35. The minimum atomic E-state index is -4.12. The van der Waals surface area contributed by atoms with E-state index in [-0.39, 0.29) is 10.0 Å². The Morgan fingerprint density at radius 3 is 1.87 bits per heavy atom. The molecule has 15 heavy (non-hydrogen) atoms. The van der Waals surface area contributed by atoms with Gasteiger partial charge in [0.1, 0.15) is 4.90 Å². The highest BCUT2D eigenvalue weighted by molar-refractivity contribution is 8.14. The molecular formula is C6H2Cl3NO4S. The predicted molar refractivity (Wildman–Crippen MR) is 56.2 cm³/mol. The molecular weight excluding hydrogens is 288 g/mol. The number of nitro benzene ring substituents is 1. The fourth-order valence-corrected chi connectivity index (χ4v) is 3.29. The molecule has 5 nitrogen and oxygen atoms in total. The highest BCUT2D eigenvalue weighted by Gasteiger charge is 2.23. The summed E-state index contributed by atoms with van der Waals surface area (Å²) in [6.45, 7) is 0. The number of nitrogens with zero attached hydrogens (tertiary/aromatic N) is 1. The van der Waals surface area contributed by atoms with Crippen molar-refractivity contribution in [3.63, 3.8) is 0 Å². The van der Waals surface area contributed by atoms with Crippen LogP contribution < -0.4 is 0 Å². The topological polar surface area (TPSA) is 77.3 Å². The van der Waals surface area contributed by atoms with E-state index in [2.05, 4.69) is 0 Å². The van der Waals surface area contributed by atoms with Crippen LogP contribution in [-0.2, 0) is 9.05 Å². The molecule has 0 aromatic heterocycles. The second-order valence-corrected chi connectivity index (χ2v) is 5.75. The van der Waals surface area contributed by atoms with Gasteiger partial charge in [0.05, 0.1) is 15.0 Å². The van der Waals surface area contributed by atoms with Gasteiger partial charge in [-0.15, -0.1) is 0 Å². The van der Waals surface area contributed by atoms with E-state index >= 15 is 0 Å². The minimum Gasteiger partial charge on any atom is -0.258 e. The van der Waals surface area contributed by atoms with Gasteiger partial charge in [0.15, 0.2) is 0 Å². The summed E-state index contributed by atoms with van der Waals surface area (Å²) in [5.41, 5.74) is -0.408. The van der Waals surface area contributed by atoms with Crippen molar-refractivity contribution in [1.82, 2.24) is 0 Å². The maximum atomic E-state index is 11.0. The van der Waals surface area contributed by atoms with Gasteiger partial charge < -0.3 is 0 Å². The first-order chi connectivity index (χ1) is 6.73. The van der Waals surface area contributed by atoms with Crippen molar-refractivity contribution in [2.75, 3.05) is 0 Å². The summed E-state index contributed by atoms with van der Waals surface area (Å²) in [5.74, 6) is 0. The molecule has 0 aliphatic carbocycles. The van der Waals surface area contributed by atoms with Crippen molar-refractivity contribution in [3.8, 4) is 0 Å². The molecule has 1 aromatic carbocycles. The van der Waals surface area contributed by atoms with Crippen molar-refractivity contribution in [2.45, 2.75) is 4.90 Å². The molecule has 0 unspecified atom stereocenters. The lowest BCUT2D eigenvalue weighted by molar-refractivity contribution is -0.384. The van der Waals surface area contributed by atoms with E-state index in [0.717, 1.165) is 12.1 Å². The zero-order chi connectivity index (χ0) is 11.8. The molecule has 0 bridgehead atoms. The zero-order valence-electron chi connectivity index (χ0n) is 6.78. The van der Waals surface area contributed by atoms with Crippen LogP contribution in [0.3, 0.4) is 0 Å². The number of hydrogen-bond acceptors (Lipinski definition) is 4. The molecule has 0 saturated carbocycles. The van der Waals surface area contributed by atoms with Crippen molar-refractivity contribution >= 4 is 48.6 Å². The summed E-state index contributed by atoms with van der Waals surface area (Å²) >= 11 is 11.0. The first-order valence-corrected chi connectivity index (χ1v) is 6.38. The molecule has 9 heteroatoms. The van der Waals surface area contributed by atoms with E-state index in [1.54, 1.807) is 0 Å². The normalized spacial score (nSPS) is 11.4. The number of halogens is 3. The molecule has 0 radical (unpaired) electrons. The van der Waals surface area contributed by atoms with Crippen molar-refractivity contribution in [1.29, 1.82) is 0 Å². The zero-order valence-corrected chi connectivity index (χ0v) is 9.86. The van der Waals surface area contributed by atoms with Gasteiger partial charge in [0, 0.05) is 22.8 Å². The molecule has 0 heterocycles. The van der Waals surface area contributed by atoms with Gasteiger partial charge >= 0.3 is 0 Å². The first kappa shape index (κ1) is 12.5. The van der Waals surface area contributed by atoms with Crippen LogP contribution in [-0.4, -0.2) is 13.3 Å². The Labute approximate surface area is 99.1 Å². The summed E-state index contributed by atoms with van der Waals surface area (Å²) in [6, 6.07) is 1.73. The molecule has 1 rings (SSSR count). The molecule has 0 spiro atoms. The Kier molecular flexibility index (Phi) is 3.44. The number of hydrogen-bond donors (Lipinski definition) is 0. The summed E-state index contributed by atoms with van der Waals surface area (Å²) in [5, 5.41) is 9.60. The maximum Gasteiger partial charge on any atom is 0.272 e. The second-order valence-electron chi connectivity index (χ2n) is 2.43. The smallest absolute Gasteiger partial charge is 0.258 e. The molecule has 0 fully saturated rings. The van der Waals surface area contributed by atoms with Gasteiger partial charge in [-0.3, -0.25) is 10.1 Å². The molecule has 0 amide bonds. The monoisotopic (exact) mass is 289 g/mol. The number of non-ortho nitro benzene ring substituents is 1. The van der Waals surface area contributed by atoms with E-state index < -0.39 is 24.6 Å². The van der Waals surface area contributed by atoms with Crippen LogP contribution in [0, 0.1) is 10.1 Å². The maximum absolute atomic E-state index is 11.0. The van der Waals surface area contributed by atoms with Crippen LogP contribution in [0.5, 0.6) is 0 Å². The van der Waals surface area contributed by atoms with Crippen molar-refractivity contribution < 1.29 is 13.3 Å². The number of nitro groups is 1. The molecule has 0 saturated heterocycles. The number of benzene rings is 1. The van der Waals surface area contributed by atoms with Gasteiger partial charge in [0.25, 0.3) is 14.7 Å². The van der Waals surface area contributed by atoms with E-state index in [0.29, 0.717) is 0 Å². The minimum absolute atomic E-state index is 0.385. The standard InChI is InChI=1S/C6H2Cl3NO4S/c7-4-1-3(10(11)12)2-5(8)6(4)15(9,13)14/h1-2H. The average molecular weight is 291 g/mol. The van der Waals surface area contributed by atoms with Crippen LogP contribution in [0.25, 0.3) is 0 Å². The van der Waals surface area contributed by atoms with Gasteiger partial charge in [-0.25, -0.2) is 8.42 Å². The largest absolute Gasteiger partial charge is 0.272 e. The lowest BCUT2D eigenvalue weighted by Crippen LogP contribution is -1.96. The third-order valence-electron chi connectivity index (χ3n) is 1.44. The summed E-state index contributed by atoms with van der Waals surface area (Å²) in [7, 11) is 0.914. The molecule has 1 aromatic rings. The fraction of sp³-hybridized carbons (Fsp3) is 0. The second kappa shape index (κ2) is 4.13. The third kappa shape index (κ3) is 2.72. The Morgan fingerprint density at radius 2 is 1.60 bits per heavy atom. The average Bonchev–Trinajstić information content (AvgIpc) is 1.99. The fourth-order valence-electron chi connectivity index (χ4n) is 0.885. The lowest BCUT2D eigenvalue weighted by Gasteiger charge is -2.02. The lowest BCUT2D eigenvalue weighted by atomic mass is 10.3. The quantitative estimate of drug-likeness (QED) is 0.477. The Morgan fingerprint density at radius 1 is 1.20 bits per heavy atom. The van der Waals surface area contributed by atoms with Crippen molar-refractivity contribution in [3.05, 3.63) is 32.3 Å². The van der Waals surface area contributed by atoms with Crippen LogP contribution in [0.2, 0.25) is 10.0 Å². The predicted octanol–water partition coefficient (Wildman–Crippen LogP) is 2.83. The van der Waals surface area contributed by atoms with Crippen molar-refractivity contribution in [2.24, 2.45) is 0 Å². The third-order valence-corrected chi connectivity index (χ3v) is 3.65. The number of rotatable bonds is 2. The van der Waals surface area contributed by atoms with E-state index in [4.69, 9.17) is 33.9 Å². The van der Waals surface area contributed by atoms with Crippen LogP contribution in [0.15, 0.2) is 17.0 Å². The van der Waals surface area contributed by atoms with Gasteiger partial charge in [0.2, 0.25) is 0 Å². The van der Waals surface area contributed by atoms with Gasteiger partial charge in [-0.1, -0.05) is 23.2 Å². The Balaban J connectivity index is 3.55. The molecule has 0 N–H and O–H groups in total. The van der Waals surface area contributed by atoms with E-state index in [1.165, 1.54) is 0 Å². The Hall–Kier alpha value is -0.560. The van der Waals surface area contributed by atoms with Gasteiger partial charge in [-0.2, -0.15) is 0 Å². The molecule has 0 atom stereocenters. The van der Waals surface area contributed by atoms with E-state index in [1.807, 2.05) is 0 Å². The highest BCUT2D eigenvalue weighted by atomic mass is 35.7. The summed E-state index contributed by atoms with van der Waals surface area (Å²) in [4.78, 5) is 9.10. The van der Waals surface area contributed by atoms with E-state index in [9.17, 15) is 18.5 Å². The first-order valence-electron chi connectivity index (χ1n) is 3.31. The molecule has 0 aliphatic rings. The summed E-state index contributed by atoms with van der Waals surface area (Å²) in [6.07, 6.45) is 0. The SMILES string of the molecule is O=[N+]([O-])c1cc(Cl)c(S(=O)(=O)Cl)c(Cl)c1.